The van der Waals surface area contributed by atoms with Crippen LogP contribution in [0.1, 0.15) is 44.6 Å². The molecule has 0 bridgehead atoms. The highest BCUT2D eigenvalue weighted by Crippen LogP contribution is 2.18. The molecule has 0 unspecified atom stereocenters. The molecule has 2 rings (SSSR count). The second-order valence-electron chi connectivity index (χ2n) is 7.25. The van der Waals surface area contributed by atoms with Gasteiger partial charge in [-0.15, -0.1) is 0 Å². The van der Waals surface area contributed by atoms with Crippen LogP contribution in [0.5, 0.6) is 0 Å². The van der Waals surface area contributed by atoms with Crippen LogP contribution in [0.2, 0.25) is 0 Å². The van der Waals surface area contributed by atoms with Gasteiger partial charge in [0.2, 0.25) is 15.9 Å². The normalized spacial score (nSPS) is 15.9. The number of rotatable bonds is 9. The fourth-order valence-corrected chi connectivity index (χ4v) is 4.23. The molecule has 1 aromatic rings. The van der Waals surface area contributed by atoms with Crippen LogP contribution >= 0.6 is 0 Å². The summed E-state index contributed by atoms with van der Waals surface area (Å²) in [6, 6.07) is 7.30. The van der Waals surface area contributed by atoms with Gasteiger partial charge in [-0.1, -0.05) is 31.9 Å². The van der Waals surface area contributed by atoms with E-state index in [0.29, 0.717) is 12.2 Å². The first-order chi connectivity index (χ1) is 12.9. The number of amides is 1. The molecule has 0 aliphatic carbocycles. The van der Waals surface area contributed by atoms with Crippen molar-refractivity contribution in [1.29, 1.82) is 0 Å². The summed E-state index contributed by atoms with van der Waals surface area (Å²) in [6.07, 6.45) is 8.04. The molecular weight excluding hydrogens is 362 g/mol. The molecule has 0 saturated carbocycles. The van der Waals surface area contributed by atoms with Gasteiger partial charge >= 0.3 is 0 Å². The highest BCUT2D eigenvalue weighted by Gasteiger charge is 2.20. The molecule has 1 aliphatic rings. The quantitative estimate of drug-likeness (QED) is 0.652. The first kappa shape index (κ1) is 21.7. The highest BCUT2D eigenvalue weighted by molar-refractivity contribution is 7.92. The first-order valence-corrected chi connectivity index (χ1v) is 11.8. The molecule has 27 heavy (non-hydrogen) atoms. The van der Waals surface area contributed by atoms with E-state index < -0.39 is 10.0 Å². The van der Waals surface area contributed by atoms with Crippen LogP contribution in [0.3, 0.4) is 0 Å². The lowest BCUT2D eigenvalue weighted by atomic mass is 10.1. The van der Waals surface area contributed by atoms with Crippen LogP contribution in [0.25, 0.3) is 0 Å². The molecule has 0 aromatic heterocycles. The van der Waals surface area contributed by atoms with Gasteiger partial charge in [0.25, 0.3) is 0 Å². The van der Waals surface area contributed by atoms with Gasteiger partial charge in [0.1, 0.15) is 6.54 Å². The van der Waals surface area contributed by atoms with Gasteiger partial charge in [-0.3, -0.25) is 9.10 Å². The minimum atomic E-state index is -3.52. The zero-order chi connectivity index (χ0) is 19.7. The number of anilines is 1. The molecule has 0 atom stereocenters. The summed E-state index contributed by atoms with van der Waals surface area (Å²) in [6.45, 7) is 5.69. The Labute approximate surface area is 164 Å². The first-order valence-electron chi connectivity index (χ1n) is 9.96. The van der Waals surface area contributed by atoms with E-state index in [-0.39, 0.29) is 12.5 Å². The van der Waals surface area contributed by atoms with Crippen molar-refractivity contribution < 1.29 is 13.2 Å². The number of hydrogen-bond acceptors (Lipinski definition) is 4. The van der Waals surface area contributed by atoms with Crippen molar-refractivity contribution in [2.24, 2.45) is 0 Å². The fourth-order valence-electron chi connectivity index (χ4n) is 3.37. The minimum absolute atomic E-state index is 0.186. The summed E-state index contributed by atoms with van der Waals surface area (Å²) < 4.78 is 25.4. The minimum Gasteiger partial charge on any atom is -0.354 e. The van der Waals surface area contributed by atoms with E-state index in [1.54, 1.807) is 12.1 Å². The molecule has 0 radical (unpaired) electrons. The molecule has 1 fully saturated rings. The average Bonchev–Trinajstić information content (AvgIpc) is 2.91. The van der Waals surface area contributed by atoms with Crippen LogP contribution in [0.4, 0.5) is 5.69 Å². The van der Waals surface area contributed by atoms with Crippen molar-refractivity contribution in [3.8, 4) is 0 Å². The Morgan fingerprint density at radius 1 is 1.11 bits per heavy atom. The number of carbonyl (C=O) groups excluding carboxylic acids is 1. The van der Waals surface area contributed by atoms with Crippen LogP contribution < -0.4 is 9.62 Å². The number of nitrogens with one attached hydrogen (secondary N) is 1. The summed E-state index contributed by atoms with van der Waals surface area (Å²) in [5.74, 6) is -0.268. The molecule has 1 saturated heterocycles. The van der Waals surface area contributed by atoms with Crippen LogP contribution in [-0.2, 0) is 21.2 Å². The van der Waals surface area contributed by atoms with Crippen LogP contribution in [0, 0.1) is 0 Å². The monoisotopic (exact) mass is 395 g/mol. The van der Waals surface area contributed by atoms with Crippen molar-refractivity contribution in [3.05, 3.63) is 29.8 Å². The molecule has 152 valence electrons. The van der Waals surface area contributed by atoms with Crippen LogP contribution in [-0.4, -0.2) is 58.2 Å². The number of carbonyl (C=O) groups is 1. The molecule has 1 aromatic carbocycles. The molecular formula is C20H33N3O3S. The van der Waals surface area contributed by atoms with E-state index in [0.717, 1.165) is 48.6 Å². The van der Waals surface area contributed by atoms with E-state index in [1.807, 2.05) is 19.1 Å². The topological polar surface area (TPSA) is 69.7 Å². The Morgan fingerprint density at radius 3 is 2.30 bits per heavy atom. The van der Waals surface area contributed by atoms with E-state index >= 15 is 0 Å². The lowest BCUT2D eigenvalue weighted by Gasteiger charge is -2.22. The third kappa shape index (κ3) is 7.50. The van der Waals surface area contributed by atoms with Crippen molar-refractivity contribution in [3.63, 3.8) is 0 Å². The zero-order valence-corrected chi connectivity index (χ0v) is 17.4. The summed E-state index contributed by atoms with van der Waals surface area (Å²) in [7, 11) is -3.52. The smallest absolute Gasteiger partial charge is 0.240 e. The zero-order valence-electron chi connectivity index (χ0n) is 16.6. The maximum absolute atomic E-state index is 12.3. The van der Waals surface area contributed by atoms with Crippen molar-refractivity contribution in [1.82, 2.24) is 10.2 Å². The maximum atomic E-state index is 12.3. The Bertz CT molecular complexity index is 681. The van der Waals surface area contributed by atoms with Crippen molar-refractivity contribution in [2.75, 3.05) is 43.3 Å². The van der Waals surface area contributed by atoms with Gasteiger partial charge < -0.3 is 10.2 Å². The standard InChI is InChI=1S/C20H33N3O3S/c1-3-18-9-11-19(12-10-18)23(27(2,25)26)17-20(24)21-13-8-16-22-14-6-4-5-7-15-22/h9-12H,3-8,13-17H2,1-2H3,(H,21,24). The summed E-state index contributed by atoms with van der Waals surface area (Å²) in [5.41, 5.74) is 1.65. The summed E-state index contributed by atoms with van der Waals surface area (Å²) in [5, 5.41) is 2.86. The SMILES string of the molecule is CCc1ccc(N(CC(=O)NCCCN2CCCCCC2)S(C)(=O)=O)cc1. The number of sulfonamides is 1. The van der Waals surface area contributed by atoms with Gasteiger partial charge in [-0.05, 0) is 63.0 Å². The summed E-state index contributed by atoms with van der Waals surface area (Å²) >= 11 is 0. The maximum Gasteiger partial charge on any atom is 0.240 e. The summed E-state index contributed by atoms with van der Waals surface area (Å²) in [4.78, 5) is 14.7. The second kappa shape index (κ2) is 10.7. The van der Waals surface area contributed by atoms with Gasteiger partial charge in [0.15, 0.2) is 0 Å². The molecule has 1 N–H and O–H groups in total. The Balaban J connectivity index is 1.82. The Morgan fingerprint density at radius 2 is 1.74 bits per heavy atom. The van der Waals surface area contributed by atoms with Crippen molar-refractivity contribution in [2.45, 2.75) is 45.4 Å². The van der Waals surface area contributed by atoms with Gasteiger partial charge in [0, 0.05) is 6.54 Å². The number of nitrogens with zero attached hydrogens (tertiary/aromatic N) is 2. The van der Waals surface area contributed by atoms with Gasteiger partial charge in [-0.25, -0.2) is 8.42 Å². The molecule has 1 aliphatic heterocycles. The van der Waals surface area contributed by atoms with Crippen molar-refractivity contribution >= 4 is 21.6 Å². The lowest BCUT2D eigenvalue weighted by molar-refractivity contribution is -0.119. The number of aryl methyl sites for hydroxylation is 1. The molecule has 1 heterocycles. The fraction of sp³-hybridized carbons (Fsp3) is 0.650. The number of hydrogen-bond donors (Lipinski definition) is 1. The van der Waals surface area contributed by atoms with E-state index in [4.69, 9.17) is 0 Å². The molecule has 6 nitrogen and oxygen atoms in total. The van der Waals surface area contributed by atoms with E-state index in [1.165, 1.54) is 25.7 Å². The molecule has 0 spiro atoms. The average molecular weight is 396 g/mol. The predicted octanol–water partition coefficient (Wildman–Crippen LogP) is 2.40. The predicted molar refractivity (Wildman–Crippen MR) is 111 cm³/mol. The Kier molecular flexibility index (Phi) is 8.57. The Hall–Kier alpha value is -1.60. The van der Waals surface area contributed by atoms with Gasteiger partial charge in [0.05, 0.1) is 11.9 Å². The largest absolute Gasteiger partial charge is 0.354 e. The molecule has 1 amide bonds. The number of likely N-dealkylation sites (tertiary alicyclic amines) is 1. The highest BCUT2D eigenvalue weighted by atomic mass is 32.2. The van der Waals surface area contributed by atoms with E-state index in [2.05, 4.69) is 10.2 Å². The lowest BCUT2D eigenvalue weighted by Crippen LogP contribution is -2.41. The van der Waals surface area contributed by atoms with Crippen LogP contribution in [0.15, 0.2) is 24.3 Å². The third-order valence-corrected chi connectivity index (χ3v) is 6.13. The second-order valence-corrected chi connectivity index (χ2v) is 9.16. The molecule has 7 heteroatoms. The van der Waals surface area contributed by atoms with E-state index in [9.17, 15) is 13.2 Å². The van der Waals surface area contributed by atoms with Gasteiger partial charge in [-0.2, -0.15) is 0 Å². The third-order valence-electron chi connectivity index (χ3n) is 4.99. The number of benzene rings is 1.